The van der Waals surface area contributed by atoms with Crippen LogP contribution in [0.15, 0.2) is 12.1 Å². The van der Waals surface area contributed by atoms with E-state index in [1.165, 1.54) is 6.42 Å². The molecule has 156 valence electrons. The van der Waals surface area contributed by atoms with E-state index in [1.807, 2.05) is 24.0 Å². The number of fused-ring (bicyclic) bond motifs is 1. The number of thiazole rings is 1. The average Bonchev–Trinajstić information content (AvgIpc) is 3.09. The van der Waals surface area contributed by atoms with E-state index >= 15 is 0 Å². The first-order chi connectivity index (χ1) is 13.0. The highest BCUT2D eigenvalue weighted by Crippen LogP contribution is 2.35. The number of halogens is 2. The monoisotopic (exact) mass is 443 g/mol. The molecule has 0 bridgehead atoms. The van der Waals surface area contributed by atoms with Crippen LogP contribution in [-0.4, -0.2) is 42.0 Å². The van der Waals surface area contributed by atoms with Crippen LogP contribution in [0.2, 0.25) is 5.02 Å². The third kappa shape index (κ3) is 5.38. The molecule has 0 N–H and O–H groups in total. The number of anilines is 1. The van der Waals surface area contributed by atoms with Crippen molar-refractivity contribution >= 4 is 56.6 Å². The van der Waals surface area contributed by atoms with E-state index in [1.54, 1.807) is 11.3 Å². The van der Waals surface area contributed by atoms with Crippen molar-refractivity contribution < 1.29 is 4.79 Å². The Hall–Kier alpha value is -0.880. The molecule has 1 saturated carbocycles. The van der Waals surface area contributed by atoms with E-state index in [9.17, 15) is 4.79 Å². The SMILES string of the molecule is CCN(CC)CCN(C(=O)C1CCCCC1)c1nc2c(C)cc(Cl)cc2s1.Cl. The van der Waals surface area contributed by atoms with Gasteiger partial charge in [-0.05, 0) is 50.6 Å². The van der Waals surface area contributed by atoms with Gasteiger partial charge in [0.25, 0.3) is 0 Å². The number of carbonyl (C=O) groups is 1. The summed E-state index contributed by atoms with van der Waals surface area (Å²) < 4.78 is 1.05. The summed E-state index contributed by atoms with van der Waals surface area (Å²) in [7, 11) is 0. The summed E-state index contributed by atoms with van der Waals surface area (Å²) in [6, 6.07) is 3.90. The van der Waals surface area contributed by atoms with Crippen molar-refractivity contribution in [3.8, 4) is 0 Å². The molecule has 1 fully saturated rings. The Balaban J connectivity index is 0.00000280. The minimum Gasteiger partial charge on any atom is -0.302 e. The number of aromatic nitrogens is 1. The predicted molar refractivity (Wildman–Crippen MR) is 123 cm³/mol. The number of likely N-dealkylation sites (N-methyl/N-ethyl adjacent to an activating group) is 1. The lowest BCUT2D eigenvalue weighted by atomic mass is 9.88. The number of nitrogens with zero attached hydrogens (tertiary/aromatic N) is 3. The summed E-state index contributed by atoms with van der Waals surface area (Å²) >= 11 is 7.81. The molecule has 7 heteroatoms. The lowest BCUT2D eigenvalue weighted by Crippen LogP contribution is -2.42. The molecule has 0 unspecified atom stereocenters. The zero-order valence-electron chi connectivity index (χ0n) is 17.0. The quantitative estimate of drug-likeness (QED) is 0.531. The van der Waals surface area contributed by atoms with Gasteiger partial charge in [-0.2, -0.15) is 0 Å². The molecule has 0 atom stereocenters. The van der Waals surface area contributed by atoms with Crippen LogP contribution < -0.4 is 4.90 Å². The molecule has 1 aromatic carbocycles. The number of hydrogen-bond donors (Lipinski definition) is 0. The first-order valence-corrected chi connectivity index (χ1v) is 11.3. The van der Waals surface area contributed by atoms with Crippen LogP contribution in [0.5, 0.6) is 0 Å². The lowest BCUT2D eigenvalue weighted by molar-refractivity contribution is -0.123. The van der Waals surface area contributed by atoms with Gasteiger partial charge in [-0.15, -0.1) is 12.4 Å². The fourth-order valence-corrected chi connectivity index (χ4v) is 5.36. The minimum absolute atomic E-state index is 0. The fourth-order valence-electron chi connectivity index (χ4n) is 3.91. The largest absolute Gasteiger partial charge is 0.302 e. The van der Waals surface area contributed by atoms with E-state index < -0.39 is 0 Å². The molecule has 1 aliphatic rings. The molecule has 28 heavy (non-hydrogen) atoms. The van der Waals surface area contributed by atoms with Crippen molar-refractivity contribution in [1.82, 2.24) is 9.88 Å². The maximum atomic E-state index is 13.4. The number of carbonyl (C=O) groups excluding carboxylic acids is 1. The third-order valence-electron chi connectivity index (χ3n) is 5.62. The van der Waals surface area contributed by atoms with Gasteiger partial charge in [0.15, 0.2) is 5.13 Å². The van der Waals surface area contributed by atoms with Gasteiger partial charge in [0.2, 0.25) is 5.91 Å². The summed E-state index contributed by atoms with van der Waals surface area (Å²) in [6.07, 6.45) is 5.60. The minimum atomic E-state index is 0. The lowest BCUT2D eigenvalue weighted by Gasteiger charge is -2.29. The van der Waals surface area contributed by atoms with Crippen molar-refractivity contribution in [3.63, 3.8) is 0 Å². The van der Waals surface area contributed by atoms with Crippen LogP contribution >= 0.6 is 35.3 Å². The number of hydrogen-bond acceptors (Lipinski definition) is 4. The second-order valence-corrected chi connectivity index (χ2v) is 8.86. The maximum Gasteiger partial charge on any atom is 0.231 e. The maximum absolute atomic E-state index is 13.4. The number of benzene rings is 1. The highest BCUT2D eigenvalue weighted by atomic mass is 35.5. The summed E-state index contributed by atoms with van der Waals surface area (Å²) in [6.45, 7) is 9.93. The number of aryl methyl sites for hydroxylation is 1. The molecule has 4 nitrogen and oxygen atoms in total. The van der Waals surface area contributed by atoms with E-state index in [2.05, 4.69) is 18.7 Å². The standard InChI is InChI=1S/C21H30ClN3OS.ClH/c1-4-24(5-2)11-12-25(20(26)16-9-7-6-8-10-16)21-23-19-15(3)13-17(22)14-18(19)27-21;/h13-14,16H,4-12H2,1-3H3;1H. The number of amides is 1. The van der Waals surface area contributed by atoms with Gasteiger partial charge in [-0.3, -0.25) is 9.69 Å². The van der Waals surface area contributed by atoms with Gasteiger partial charge in [-0.1, -0.05) is 56.0 Å². The normalized spacial score (nSPS) is 15.0. The predicted octanol–water partition coefficient (Wildman–Crippen LogP) is 5.94. The summed E-state index contributed by atoms with van der Waals surface area (Å²) in [5.74, 6) is 0.400. The molecule has 0 saturated heterocycles. The first kappa shape index (κ1) is 23.4. The first-order valence-electron chi connectivity index (χ1n) is 10.1. The van der Waals surface area contributed by atoms with Gasteiger partial charge in [0.1, 0.15) is 0 Å². The molecule has 1 heterocycles. The second kappa shape index (κ2) is 10.8. The van der Waals surface area contributed by atoms with E-state index in [-0.39, 0.29) is 24.2 Å². The molecule has 1 amide bonds. The van der Waals surface area contributed by atoms with Gasteiger partial charge in [-0.25, -0.2) is 4.98 Å². The summed E-state index contributed by atoms with van der Waals surface area (Å²) in [5.41, 5.74) is 2.03. The van der Waals surface area contributed by atoms with Crippen molar-refractivity contribution in [3.05, 3.63) is 22.7 Å². The van der Waals surface area contributed by atoms with E-state index in [0.29, 0.717) is 6.54 Å². The highest BCUT2D eigenvalue weighted by molar-refractivity contribution is 7.22. The molecule has 1 aliphatic carbocycles. The molecular weight excluding hydrogens is 413 g/mol. The van der Waals surface area contributed by atoms with Crippen molar-refractivity contribution in [2.75, 3.05) is 31.1 Å². The molecule has 3 rings (SSSR count). The molecule has 0 radical (unpaired) electrons. The summed E-state index contributed by atoms with van der Waals surface area (Å²) in [4.78, 5) is 22.5. The molecule has 0 spiro atoms. The fraction of sp³-hybridized carbons (Fsp3) is 0.619. The smallest absolute Gasteiger partial charge is 0.231 e. The van der Waals surface area contributed by atoms with Crippen LogP contribution in [0.25, 0.3) is 10.2 Å². The Labute approximate surface area is 183 Å². The van der Waals surface area contributed by atoms with Gasteiger partial charge in [0.05, 0.1) is 10.2 Å². The summed E-state index contributed by atoms with van der Waals surface area (Å²) in [5, 5.41) is 1.54. The van der Waals surface area contributed by atoms with E-state index in [0.717, 1.165) is 71.3 Å². The molecule has 0 aliphatic heterocycles. The Morgan fingerprint density at radius 2 is 1.86 bits per heavy atom. The Kier molecular flexibility index (Phi) is 9.00. The zero-order valence-corrected chi connectivity index (χ0v) is 19.4. The van der Waals surface area contributed by atoms with Crippen LogP contribution in [0.3, 0.4) is 0 Å². The molecular formula is C21H31Cl2N3OS. The van der Waals surface area contributed by atoms with Gasteiger partial charge >= 0.3 is 0 Å². The molecule has 1 aromatic heterocycles. The Morgan fingerprint density at radius 3 is 2.50 bits per heavy atom. The van der Waals surface area contributed by atoms with Crippen LogP contribution in [0.1, 0.15) is 51.5 Å². The zero-order chi connectivity index (χ0) is 19.4. The molecule has 2 aromatic rings. The van der Waals surface area contributed by atoms with Crippen molar-refractivity contribution in [1.29, 1.82) is 0 Å². The van der Waals surface area contributed by atoms with E-state index in [4.69, 9.17) is 16.6 Å². The van der Waals surface area contributed by atoms with Gasteiger partial charge < -0.3 is 4.90 Å². The van der Waals surface area contributed by atoms with Crippen molar-refractivity contribution in [2.24, 2.45) is 5.92 Å². The highest BCUT2D eigenvalue weighted by Gasteiger charge is 2.29. The van der Waals surface area contributed by atoms with Crippen molar-refractivity contribution in [2.45, 2.75) is 52.9 Å². The Bertz CT molecular complexity index is 785. The topological polar surface area (TPSA) is 36.4 Å². The second-order valence-electron chi connectivity index (χ2n) is 7.42. The third-order valence-corrected chi connectivity index (χ3v) is 6.87. The number of rotatable bonds is 7. The average molecular weight is 444 g/mol. The Morgan fingerprint density at radius 1 is 1.18 bits per heavy atom. The van der Waals surface area contributed by atoms with Crippen LogP contribution in [0, 0.1) is 12.8 Å². The van der Waals surface area contributed by atoms with Crippen LogP contribution in [-0.2, 0) is 4.79 Å². The van der Waals surface area contributed by atoms with Gasteiger partial charge in [0, 0.05) is 24.0 Å². The van der Waals surface area contributed by atoms with Crippen LogP contribution in [0.4, 0.5) is 5.13 Å².